The molecule has 0 radical (unpaired) electrons. The summed E-state index contributed by atoms with van der Waals surface area (Å²) in [4.78, 5) is 22.7. The fourth-order valence-electron chi connectivity index (χ4n) is 2.13. The molecule has 6 nitrogen and oxygen atoms in total. The first-order valence-electron chi connectivity index (χ1n) is 6.16. The van der Waals surface area contributed by atoms with Crippen LogP contribution in [0.5, 0.6) is 0 Å². The van der Waals surface area contributed by atoms with Gasteiger partial charge >= 0.3 is 0 Å². The third kappa shape index (κ3) is 3.10. The van der Waals surface area contributed by atoms with E-state index in [1.807, 2.05) is 12.1 Å². The van der Waals surface area contributed by atoms with E-state index < -0.39 is 12.0 Å². The summed E-state index contributed by atoms with van der Waals surface area (Å²) in [5.74, 6) is -1.14. The molecule has 1 atom stereocenters. The largest absolute Gasteiger partial charge is 0.381 e. The van der Waals surface area contributed by atoms with Gasteiger partial charge in [0.15, 0.2) is 0 Å². The molecule has 5 N–H and O–H groups in total. The Morgan fingerprint density at radius 1 is 1.47 bits per heavy atom. The van der Waals surface area contributed by atoms with E-state index in [2.05, 4.69) is 10.6 Å². The molecule has 0 aliphatic carbocycles. The lowest BCUT2D eigenvalue weighted by atomic mass is 9.95. The highest BCUT2D eigenvalue weighted by molar-refractivity contribution is 5.96. The molecule has 19 heavy (non-hydrogen) atoms. The van der Waals surface area contributed by atoms with Gasteiger partial charge in [-0.05, 0) is 30.2 Å². The van der Waals surface area contributed by atoms with E-state index in [-0.39, 0.29) is 12.5 Å². The van der Waals surface area contributed by atoms with Crippen LogP contribution in [0.2, 0.25) is 0 Å². The number of nitrogens with one attached hydrogen (secondary N) is 2. The number of amides is 2. The zero-order valence-electron chi connectivity index (χ0n) is 10.5. The van der Waals surface area contributed by atoms with Crippen LogP contribution in [-0.2, 0) is 17.8 Å². The van der Waals surface area contributed by atoms with Crippen molar-refractivity contribution < 1.29 is 14.7 Å². The molecule has 0 fully saturated rings. The highest BCUT2D eigenvalue weighted by Crippen LogP contribution is 2.18. The predicted octanol–water partition coefficient (Wildman–Crippen LogP) is -1.09. The molecule has 6 heteroatoms. The van der Waals surface area contributed by atoms with Crippen molar-refractivity contribution in [2.45, 2.75) is 19.1 Å². The maximum Gasteiger partial charge on any atom is 0.251 e. The van der Waals surface area contributed by atoms with Crippen molar-refractivity contribution in [1.29, 1.82) is 0 Å². The second kappa shape index (κ2) is 5.81. The lowest BCUT2D eigenvalue weighted by Gasteiger charge is -2.20. The average molecular weight is 263 g/mol. The van der Waals surface area contributed by atoms with Crippen molar-refractivity contribution in [1.82, 2.24) is 10.6 Å². The zero-order valence-corrected chi connectivity index (χ0v) is 10.5. The van der Waals surface area contributed by atoms with Crippen LogP contribution < -0.4 is 16.4 Å². The number of rotatable bonds is 4. The lowest BCUT2D eigenvalue weighted by Crippen LogP contribution is -2.40. The standard InChI is InChI=1S/C13H17N3O3/c14-12(18)11(17)7-16-13(19)10-3-1-2-8-6-15-5-4-9(8)10/h1-3,11,15,17H,4-7H2,(H2,14,18)(H,16,19). The maximum absolute atomic E-state index is 12.0. The van der Waals surface area contributed by atoms with Gasteiger partial charge in [0, 0.05) is 12.1 Å². The molecular weight excluding hydrogens is 246 g/mol. The number of hydrogen-bond acceptors (Lipinski definition) is 4. The van der Waals surface area contributed by atoms with Gasteiger partial charge in [0.2, 0.25) is 5.91 Å². The number of hydrogen-bond donors (Lipinski definition) is 4. The maximum atomic E-state index is 12.0. The molecular formula is C13H17N3O3. The van der Waals surface area contributed by atoms with Crippen LogP contribution in [0.15, 0.2) is 18.2 Å². The van der Waals surface area contributed by atoms with E-state index >= 15 is 0 Å². The Labute approximate surface area is 111 Å². The monoisotopic (exact) mass is 263 g/mol. The van der Waals surface area contributed by atoms with Crippen LogP contribution in [-0.4, -0.2) is 36.1 Å². The first-order chi connectivity index (χ1) is 9.09. The second-order valence-electron chi connectivity index (χ2n) is 4.50. The first-order valence-corrected chi connectivity index (χ1v) is 6.16. The van der Waals surface area contributed by atoms with Gasteiger partial charge < -0.3 is 21.5 Å². The minimum Gasteiger partial charge on any atom is -0.381 e. The zero-order chi connectivity index (χ0) is 13.8. The molecule has 0 saturated carbocycles. The number of carbonyl (C=O) groups excluding carboxylic acids is 2. The van der Waals surface area contributed by atoms with Crippen LogP contribution in [0, 0.1) is 0 Å². The molecule has 1 heterocycles. The van der Waals surface area contributed by atoms with E-state index in [1.54, 1.807) is 6.07 Å². The number of aliphatic hydroxyl groups excluding tert-OH is 1. The Balaban J connectivity index is 2.09. The summed E-state index contributed by atoms with van der Waals surface area (Å²) in [5.41, 5.74) is 7.64. The van der Waals surface area contributed by atoms with E-state index in [0.717, 1.165) is 30.6 Å². The first kappa shape index (κ1) is 13.5. The van der Waals surface area contributed by atoms with Crippen LogP contribution in [0.1, 0.15) is 21.5 Å². The predicted molar refractivity (Wildman–Crippen MR) is 69.4 cm³/mol. The smallest absolute Gasteiger partial charge is 0.251 e. The van der Waals surface area contributed by atoms with Crippen molar-refractivity contribution in [3.63, 3.8) is 0 Å². The molecule has 1 unspecified atom stereocenters. The molecule has 0 aromatic heterocycles. The summed E-state index contributed by atoms with van der Waals surface area (Å²) < 4.78 is 0. The number of fused-ring (bicyclic) bond motifs is 1. The van der Waals surface area contributed by atoms with Crippen molar-refractivity contribution in [3.8, 4) is 0 Å². The Hall–Kier alpha value is -1.92. The summed E-state index contributed by atoms with van der Waals surface area (Å²) in [6.07, 6.45) is -0.567. The highest BCUT2D eigenvalue weighted by atomic mass is 16.3. The Bertz CT molecular complexity index is 502. The fourth-order valence-corrected chi connectivity index (χ4v) is 2.13. The Morgan fingerprint density at radius 3 is 3.00 bits per heavy atom. The number of aliphatic hydroxyl groups is 1. The molecule has 1 aromatic carbocycles. The van der Waals surface area contributed by atoms with Gasteiger partial charge in [-0.1, -0.05) is 12.1 Å². The normalized spacial score (nSPS) is 15.4. The minimum atomic E-state index is -1.36. The minimum absolute atomic E-state index is 0.171. The number of benzene rings is 1. The molecule has 102 valence electrons. The summed E-state index contributed by atoms with van der Waals surface area (Å²) in [5, 5.41) is 15.0. The summed E-state index contributed by atoms with van der Waals surface area (Å²) >= 11 is 0. The van der Waals surface area contributed by atoms with Crippen LogP contribution in [0.4, 0.5) is 0 Å². The van der Waals surface area contributed by atoms with Crippen molar-refractivity contribution in [3.05, 3.63) is 34.9 Å². The quantitative estimate of drug-likeness (QED) is 0.554. The lowest BCUT2D eigenvalue weighted by molar-refractivity contribution is -0.125. The van der Waals surface area contributed by atoms with Gasteiger partial charge in [-0.15, -0.1) is 0 Å². The number of carbonyl (C=O) groups is 2. The average Bonchev–Trinajstić information content (AvgIpc) is 2.43. The molecule has 2 rings (SSSR count). The van der Waals surface area contributed by atoms with Crippen molar-refractivity contribution in [2.24, 2.45) is 5.73 Å². The van der Waals surface area contributed by atoms with Gasteiger partial charge in [-0.3, -0.25) is 9.59 Å². The molecule has 0 bridgehead atoms. The van der Waals surface area contributed by atoms with Crippen LogP contribution >= 0.6 is 0 Å². The second-order valence-corrected chi connectivity index (χ2v) is 4.50. The Morgan fingerprint density at radius 2 is 2.26 bits per heavy atom. The van der Waals surface area contributed by atoms with E-state index in [4.69, 9.17) is 5.73 Å². The van der Waals surface area contributed by atoms with Crippen molar-refractivity contribution >= 4 is 11.8 Å². The highest BCUT2D eigenvalue weighted by Gasteiger charge is 2.18. The van der Waals surface area contributed by atoms with Gasteiger partial charge in [-0.25, -0.2) is 0 Å². The van der Waals surface area contributed by atoms with E-state index in [9.17, 15) is 14.7 Å². The van der Waals surface area contributed by atoms with E-state index in [1.165, 1.54) is 0 Å². The summed E-state index contributed by atoms with van der Waals surface area (Å²) in [6, 6.07) is 5.55. The molecule has 2 amide bonds. The fraction of sp³-hybridized carbons (Fsp3) is 0.385. The molecule has 1 aliphatic heterocycles. The molecule has 1 aromatic rings. The van der Waals surface area contributed by atoms with Crippen molar-refractivity contribution in [2.75, 3.05) is 13.1 Å². The van der Waals surface area contributed by atoms with Gasteiger partial charge in [0.25, 0.3) is 5.91 Å². The molecule has 1 aliphatic rings. The SMILES string of the molecule is NC(=O)C(O)CNC(=O)c1cccc2c1CCNC2. The van der Waals surface area contributed by atoms with Crippen LogP contribution in [0.3, 0.4) is 0 Å². The topological polar surface area (TPSA) is 104 Å². The third-order valence-corrected chi connectivity index (χ3v) is 3.17. The number of nitrogens with two attached hydrogens (primary N) is 1. The Kier molecular flexibility index (Phi) is 4.13. The molecule has 0 spiro atoms. The van der Waals surface area contributed by atoms with E-state index in [0.29, 0.717) is 5.56 Å². The van der Waals surface area contributed by atoms with Gasteiger partial charge in [-0.2, -0.15) is 0 Å². The third-order valence-electron chi connectivity index (χ3n) is 3.17. The van der Waals surface area contributed by atoms with Gasteiger partial charge in [0.05, 0.1) is 6.54 Å². The van der Waals surface area contributed by atoms with Gasteiger partial charge in [0.1, 0.15) is 6.10 Å². The summed E-state index contributed by atoms with van der Waals surface area (Å²) in [6.45, 7) is 1.41. The molecule has 0 saturated heterocycles. The van der Waals surface area contributed by atoms with Crippen LogP contribution in [0.25, 0.3) is 0 Å². The number of primary amides is 1. The summed E-state index contributed by atoms with van der Waals surface area (Å²) in [7, 11) is 0.